The van der Waals surface area contributed by atoms with E-state index in [-0.39, 0.29) is 11.9 Å². The van der Waals surface area contributed by atoms with Gasteiger partial charge in [-0.05, 0) is 55.0 Å². The first-order valence-corrected chi connectivity index (χ1v) is 11.6. The quantitative estimate of drug-likeness (QED) is 0.669. The second-order valence-corrected chi connectivity index (χ2v) is 8.54. The molecule has 2 fully saturated rings. The highest BCUT2D eigenvalue weighted by molar-refractivity contribution is 5.90. The Morgan fingerprint density at radius 3 is 2.44 bits per heavy atom. The van der Waals surface area contributed by atoms with Crippen molar-refractivity contribution >= 4 is 17.6 Å². The third-order valence-electron chi connectivity index (χ3n) is 6.47. The van der Waals surface area contributed by atoms with Crippen LogP contribution in [-0.4, -0.2) is 66.1 Å². The average molecular weight is 437 g/mol. The zero-order chi connectivity index (χ0) is 22.3. The van der Waals surface area contributed by atoms with Crippen LogP contribution < -0.4 is 5.32 Å². The van der Waals surface area contributed by atoms with Crippen LogP contribution in [0.4, 0.5) is 10.5 Å². The molecule has 7 heteroatoms. The summed E-state index contributed by atoms with van der Waals surface area (Å²) in [6.07, 6.45) is 6.04. The number of nitrogens with zero attached hydrogens (tertiary/aromatic N) is 3. The summed E-state index contributed by atoms with van der Waals surface area (Å²) >= 11 is 0. The van der Waals surface area contributed by atoms with Crippen molar-refractivity contribution in [3.8, 4) is 0 Å². The van der Waals surface area contributed by atoms with Crippen LogP contribution in [0.1, 0.15) is 49.1 Å². The largest absolute Gasteiger partial charge is 0.381 e. The van der Waals surface area contributed by atoms with Crippen LogP contribution in [0.15, 0.2) is 48.8 Å². The Bertz CT molecular complexity index is 889. The topological polar surface area (TPSA) is 74.8 Å². The molecule has 32 heavy (non-hydrogen) atoms. The predicted octanol–water partition coefficient (Wildman–Crippen LogP) is 3.85. The number of benzene rings is 1. The molecule has 0 saturated carbocycles. The van der Waals surface area contributed by atoms with Gasteiger partial charge in [-0.15, -0.1) is 0 Å². The van der Waals surface area contributed by atoms with Gasteiger partial charge in [0.1, 0.15) is 0 Å². The van der Waals surface area contributed by atoms with E-state index in [1.54, 1.807) is 6.20 Å². The van der Waals surface area contributed by atoms with E-state index >= 15 is 0 Å². The highest BCUT2D eigenvalue weighted by Gasteiger charge is 2.32. The van der Waals surface area contributed by atoms with Gasteiger partial charge in [-0.1, -0.05) is 18.2 Å². The Morgan fingerprint density at radius 2 is 1.78 bits per heavy atom. The molecule has 2 aliphatic rings. The molecular formula is C25H32N4O3. The molecule has 3 heterocycles. The molecule has 1 aromatic heterocycles. The van der Waals surface area contributed by atoms with Gasteiger partial charge in [0.15, 0.2) is 0 Å². The summed E-state index contributed by atoms with van der Waals surface area (Å²) < 4.78 is 5.29. The standard InChI is InChI=1S/C25H32N4O3/c1-2-32-15-11-24(30)28-13-9-20(10-14-28)19-5-7-23(8-6-19)27-25(31)29-17-22(18-29)21-4-3-12-26-16-21/h3-8,12,16,20,22H,2,9-11,13-15,17-18H2,1H3,(H,27,31). The maximum Gasteiger partial charge on any atom is 0.321 e. The van der Waals surface area contributed by atoms with Crippen molar-refractivity contribution in [2.24, 2.45) is 0 Å². The molecular weight excluding hydrogens is 404 g/mol. The Morgan fingerprint density at radius 1 is 1.03 bits per heavy atom. The summed E-state index contributed by atoms with van der Waals surface area (Å²) in [4.78, 5) is 32.7. The molecule has 0 unspecified atom stereocenters. The van der Waals surface area contributed by atoms with Crippen LogP contribution >= 0.6 is 0 Å². The van der Waals surface area contributed by atoms with Crippen molar-refractivity contribution in [3.63, 3.8) is 0 Å². The number of pyridine rings is 1. The van der Waals surface area contributed by atoms with E-state index in [4.69, 9.17) is 4.74 Å². The molecule has 170 valence electrons. The van der Waals surface area contributed by atoms with Crippen LogP contribution in [0.2, 0.25) is 0 Å². The fourth-order valence-electron chi connectivity index (χ4n) is 4.44. The molecule has 0 spiro atoms. The second-order valence-electron chi connectivity index (χ2n) is 8.54. The highest BCUT2D eigenvalue weighted by atomic mass is 16.5. The SMILES string of the molecule is CCOCCC(=O)N1CCC(c2ccc(NC(=O)N3CC(c4cccnc4)C3)cc2)CC1. The van der Waals surface area contributed by atoms with Crippen molar-refractivity contribution in [2.45, 2.75) is 38.0 Å². The molecule has 1 aromatic carbocycles. The van der Waals surface area contributed by atoms with E-state index < -0.39 is 0 Å². The molecule has 4 rings (SSSR count). The minimum atomic E-state index is -0.0586. The number of aromatic nitrogens is 1. The first-order chi connectivity index (χ1) is 15.6. The number of amides is 3. The summed E-state index contributed by atoms with van der Waals surface area (Å²) in [5.41, 5.74) is 3.26. The van der Waals surface area contributed by atoms with Gasteiger partial charge in [-0.25, -0.2) is 4.79 Å². The lowest BCUT2D eigenvalue weighted by Gasteiger charge is -2.39. The van der Waals surface area contributed by atoms with Gasteiger partial charge < -0.3 is 19.9 Å². The monoisotopic (exact) mass is 436 g/mol. The summed E-state index contributed by atoms with van der Waals surface area (Å²) in [6, 6.07) is 12.1. The summed E-state index contributed by atoms with van der Waals surface area (Å²) in [7, 11) is 0. The van der Waals surface area contributed by atoms with Crippen molar-refractivity contribution in [2.75, 3.05) is 44.7 Å². The number of nitrogens with one attached hydrogen (secondary N) is 1. The number of ether oxygens (including phenoxy) is 1. The third kappa shape index (κ3) is 5.46. The fourth-order valence-corrected chi connectivity index (χ4v) is 4.44. The summed E-state index contributed by atoms with van der Waals surface area (Å²) in [5.74, 6) is 1.01. The fraction of sp³-hybridized carbons (Fsp3) is 0.480. The Balaban J connectivity index is 1.21. The molecule has 3 amide bonds. The number of rotatable bonds is 7. The average Bonchev–Trinajstić information content (AvgIpc) is 2.79. The van der Waals surface area contributed by atoms with Crippen LogP contribution in [-0.2, 0) is 9.53 Å². The number of hydrogen-bond donors (Lipinski definition) is 1. The van der Waals surface area contributed by atoms with Gasteiger partial charge in [0, 0.05) is 56.8 Å². The molecule has 0 aliphatic carbocycles. The van der Waals surface area contributed by atoms with E-state index in [2.05, 4.69) is 28.5 Å². The summed E-state index contributed by atoms with van der Waals surface area (Å²) in [6.45, 7) is 6.12. The van der Waals surface area contributed by atoms with Crippen molar-refractivity contribution in [3.05, 3.63) is 59.9 Å². The highest BCUT2D eigenvalue weighted by Crippen LogP contribution is 2.30. The number of carbonyl (C=O) groups excluding carboxylic acids is 2. The lowest BCUT2D eigenvalue weighted by Crippen LogP contribution is -2.50. The Hall–Kier alpha value is -2.93. The molecule has 2 aromatic rings. The normalized spacial score (nSPS) is 17.2. The molecule has 7 nitrogen and oxygen atoms in total. The molecule has 2 aliphatic heterocycles. The van der Waals surface area contributed by atoms with Gasteiger partial charge in [-0.2, -0.15) is 0 Å². The van der Waals surface area contributed by atoms with Gasteiger partial charge in [0.25, 0.3) is 0 Å². The van der Waals surface area contributed by atoms with Gasteiger partial charge in [0.2, 0.25) is 5.91 Å². The zero-order valence-electron chi connectivity index (χ0n) is 18.7. The van der Waals surface area contributed by atoms with Crippen LogP contribution in [0.5, 0.6) is 0 Å². The molecule has 0 bridgehead atoms. The van der Waals surface area contributed by atoms with Crippen molar-refractivity contribution in [1.82, 2.24) is 14.8 Å². The molecule has 0 atom stereocenters. The lowest BCUT2D eigenvalue weighted by atomic mass is 9.89. The second kappa shape index (κ2) is 10.6. The smallest absolute Gasteiger partial charge is 0.321 e. The van der Waals surface area contributed by atoms with Crippen LogP contribution in [0.3, 0.4) is 0 Å². The number of carbonyl (C=O) groups is 2. The maximum absolute atomic E-state index is 12.5. The van der Waals surface area contributed by atoms with Crippen LogP contribution in [0.25, 0.3) is 0 Å². The van der Waals surface area contributed by atoms with Gasteiger partial charge in [-0.3, -0.25) is 9.78 Å². The molecule has 1 N–H and O–H groups in total. The van der Waals surface area contributed by atoms with Crippen molar-refractivity contribution in [1.29, 1.82) is 0 Å². The van der Waals surface area contributed by atoms with E-state index in [0.717, 1.165) is 44.7 Å². The first kappa shape index (κ1) is 22.3. The lowest BCUT2D eigenvalue weighted by molar-refractivity contribution is -0.133. The minimum Gasteiger partial charge on any atom is -0.381 e. The number of hydrogen-bond acceptors (Lipinski definition) is 4. The van der Waals surface area contributed by atoms with Gasteiger partial charge >= 0.3 is 6.03 Å². The molecule has 2 saturated heterocycles. The van der Waals surface area contributed by atoms with E-state index in [0.29, 0.717) is 31.5 Å². The number of anilines is 1. The number of urea groups is 1. The number of piperidine rings is 1. The predicted molar refractivity (Wildman–Crippen MR) is 124 cm³/mol. The van der Waals surface area contributed by atoms with E-state index in [9.17, 15) is 9.59 Å². The maximum atomic E-state index is 12.5. The van der Waals surface area contributed by atoms with Crippen molar-refractivity contribution < 1.29 is 14.3 Å². The Labute approximate surface area is 189 Å². The molecule has 0 radical (unpaired) electrons. The first-order valence-electron chi connectivity index (χ1n) is 11.6. The van der Waals surface area contributed by atoms with E-state index in [1.807, 2.05) is 41.1 Å². The Kier molecular flexibility index (Phi) is 7.37. The van der Waals surface area contributed by atoms with Crippen LogP contribution in [0, 0.1) is 0 Å². The minimum absolute atomic E-state index is 0.0586. The summed E-state index contributed by atoms with van der Waals surface area (Å²) in [5, 5.41) is 3.00. The number of likely N-dealkylation sites (tertiary alicyclic amines) is 2. The van der Waals surface area contributed by atoms with Gasteiger partial charge in [0.05, 0.1) is 13.0 Å². The van der Waals surface area contributed by atoms with E-state index in [1.165, 1.54) is 11.1 Å². The zero-order valence-corrected chi connectivity index (χ0v) is 18.7. The third-order valence-corrected chi connectivity index (χ3v) is 6.47.